The molecule has 1 aliphatic carbocycles. The molecule has 1 aliphatic heterocycles. The third-order valence-electron chi connectivity index (χ3n) is 7.32. The molecular formula is C28H33FN2O6. The molecule has 1 saturated carbocycles. The minimum absolute atomic E-state index is 0.0357. The zero-order valence-electron chi connectivity index (χ0n) is 21.5. The van der Waals surface area contributed by atoms with E-state index in [0.29, 0.717) is 40.9 Å². The molecule has 0 radical (unpaired) electrons. The number of rotatable bonds is 8. The Bertz CT molecular complexity index is 1370. The summed E-state index contributed by atoms with van der Waals surface area (Å²) >= 11 is 0. The molecule has 9 heteroatoms. The van der Waals surface area contributed by atoms with Gasteiger partial charge in [-0.3, -0.25) is 4.79 Å². The highest BCUT2D eigenvalue weighted by Gasteiger charge is 2.52. The number of carbonyl (C=O) groups is 1. The molecule has 0 spiro atoms. The highest BCUT2D eigenvalue weighted by molar-refractivity contribution is 6.02. The van der Waals surface area contributed by atoms with Gasteiger partial charge in [-0.2, -0.15) is 0 Å². The second kappa shape index (κ2) is 8.72. The van der Waals surface area contributed by atoms with Crippen LogP contribution in [0.5, 0.6) is 11.5 Å². The predicted molar refractivity (Wildman–Crippen MR) is 136 cm³/mol. The van der Waals surface area contributed by atoms with Crippen LogP contribution in [-0.4, -0.2) is 50.9 Å². The van der Waals surface area contributed by atoms with E-state index in [1.54, 1.807) is 16.7 Å². The number of ether oxygens (including phenoxy) is 2. The van der Waals surface area contributed by atoms with Gasteiger partial charge >= 0.3 is 0 Å². The van der Waals surface area contributed by atoms with Crippen molar-refractivity contribution in [2.45, 2.75) is 69.8 Å². The van der Waals surface area contributed by atoms with E-state index in [4.69, 9.17) is 9.47 Å². The molecule has 198 valence electrons. The minimum Gasteiger partial charge on any atom is -0.449 e. The molecule has 1 aromatic heterocycles. The Morgan fingerprint density at radius 1 is 1.14 bits per heavy atom. The number of hydrogen-bond acceptors (Lipinski definition) is 6. The van der Waals surface area contributed by atoms with E-state index in [9.17, 15) is 20.1 Å². The van der Waals surface area contributed by atoms with Gasteiger partial charge in [0.05, 0.1) is 42.5 Å². The zero-order chi connectivity index (χ0) is 26.8. The average Bonchev–Trinajstić information content (AvgIpc) is 3.50. The van der Waals surface area contributed by atoms with E-state index in [-0.39, 0.29) is 24.7 Å². The lowest BCUT2D eigenvalue weighted by Crippen LogP contribution is -2.29. The van der Waals surface area contributed by atoms with Crippen LogP contribution in [0.3, 0.4) is 0 Å². The van der Waals surface area contributed by atoms with E-state index < -0.39 is 35.1 Å². The number of nitrogens with one attached hydrogen (secondary N) is 1. The molecule has 5 rings (SSSR count). The monoisotopic (exact) mass is 512 g/mol. The Morgan fingerprint density at radius 2 is 1.84 bits per heavy atom. The summed E-state index contributed by atoms with van der Waals surface area (Å²) in [6.45, 7) is 6.73. The van der Waals surface area contributed by atoms with Crippen LogP contribution < -0.4 is 14.8 Å². The molecule has 37 heavy (non-hydrogen) atoms. The topological polar surface area (TPSA) is 113 Å². The standard InChI is InChI=1S/C28H33FN2O6/c1-26(2,15-33)24-10-16-9-20(19(29)12-21(16)31(24)13-18(34)14-32)30-25(35)28(7-8-28)17-5-6-22-23(11-17)37-27(3,4)36-22/h5-6,9-12,18,32-34H,7-8,13-15H2,1-4H3,(H,30,35)/t18-/m1/s1. The van der Waals surface area contributed by atoms with Crippen molar-refractivity contribution in [1.29, 1.82) is 0 Å². The molecule has 8 nitrogen and oxygen atoms in total. The number of aliphatic hydroxyl groups excluding tert-OH is 3. The van der Waals surface area contributed by atoms with Crippen LogP contribution in [0, 0.1) is 5.82 Å². The Labute approximate surface area is 214 Å². The van der Waals surface area contributed by atoms with Gasteiger partial charge in [0, 0.05) is 36.4 Å². The first-order chi connectivity index (χ1) is 17.4. The van der Waals surface area contributed by atoms with Gasteiger partial charge in [0.15, 0.2) is 11.5 Å². The fourth-order valence-electron chi connectivity index (χ4n) is 5.02. The normalized spacial score (nSPS) is 18.2. The quantitative estimate of drug-likeness (QED) is 0.367. The lowest BCUT2D eigenvalue weighted by Gasteiger charge is -2.25. The lowest BCUT2D eigenvalue weighted by molar-refractivity contribution is -0.118. The van der Waals surface area contributed by atoms with Gasteiger partial charge < -0.3 is 34.7 Å². The van der Waals surface area contributed by atoms with Crippen LogP contribution in [0.25, 0.3) is 10.9 Å². The van der Waals surface area contributed by atoms with Gasteiger partial charge in [-0.1, -0.05) is 19.9 Å². The average molecular weight is 513 g/mol. The summed E-state index contributed by atoms with van der Waals surface area (Å²) in [5.41, 5.74) is 0.580. The van der Waals surface area contributed by atoms with Crippen molar-refractivity contribution in [3.63, 3.8) is 0 Å². The van der Waals surface area contributed by atoms with Crippen LogP contribution in [0.2, 0.25) is 0 Å². The van der Waals surface area contributed by atoms with Crippen molar-refractivity contribution >= 4 is 22.5 Å². The highest BCUT2D eigenvalue weighted by atomic mass is 19.1. The summed E-state index contributed by atoms with van der Waals surface area (Å²) in [5, 5.41) is 32.8. The number of hydrogen-bond donors (Lipinski definition) is 4. The Hall–Kier alpha value is -3.14. The summed E-state index contributed by atoms with van der Waals surface area (Å²) in [4.78, 5) is 13.4. The SMILES string of the molecule is CC1(C)Oc2ccc(C3(C(=O)Nc4cc5cc(C(C)(C)CO)n(C[C@@H](O)CO)c5cc4F)CC3)cc2O1. The van der Waals surface area contributed by atoms with E-state index in [1.807, 2.05) is 45.9 Å². The molecular weight excluding hydrogens is 479 g/mol. The maximum atomic E-state index is 15.3. The minimum atomic E-state index is -1.05. The van der Waals surface area contributed by atoms with Gasteiger partial charge in [0.2, 0.25) is 11.7 Å². The second-order valence-corrected chi connectivity index (χ2v) is 11.2. The van der Waals surface area contributed by atoms with E-state index in [2.05, 4.69) is 5.32 Å². The maximum absolute atomic E-state index is 15.3. The van der Waals surface area contributed by atoms with Gasteiger partial charge in [-0.25, -0.2) is 4.39 Å². The van der Waals surface area contributed by atoms with E-state index >= 15 is 4.39 Å². The van der Waals surface area contributed by atoms with Crippen LogP contribution in [0.1, 0.15) is 51.8 Å². The number of nitrogens with zero attached hydrogens (tertiary/aromatic N) is 1. The summed E-state index contributed by atoms with van der Waals surface area (Å²) in [6.07, 6.45) is 0.222. The number of benzene rings is 2. The molecule has 4 N–H and O–H groups in total. The van der Waals surface area contributed by atoms with Crippen LogP contribution in [-0.2, 0) is 22.2 Å². The van der Waals surface area contributed by atoms with Crippen molar-refractivity contribution in [3.05, 3.63) is 53.5 Å². The van der Waals surface area contributed by atoms with Crippen molar-refractivity contribution in [2.24, 2.45) is 0 Å². The maximum Gasteiger partial charge on any atom is 0.246 e. The Kier molecular flexibility index (Phi) is 6.01. The van der Waals surface area contributed by atoms with E-state index in [1.165, 1.54) is 6.07 Å². The van der Waals surface area contributed by atoms with Crippen molar-refractivity contribution < 1.29 is 34.0 Å². The summed E-state index contributed by atoms with van der Waals surface area (Å²) in [7, 11) is 0. The zero-order valence-corrected chi connectivity index (χ0v) is 21.5. The van der Waals surface area contributed by atoms with Crippen molar-refractivity contribution in [3.8, 4) is 11.5 Å². The van der Waals surface area contributed by atoms with E-state index in [0.717, 1.165) is 5.56 Å². The summed E-state index contributed by atoms with van der Waals surface area (Å²) in [5.74, 6) is -0.477. The fourth-order valence-corrected chi connectivity index (χ4v) is 5.02. The number of fused-ring (bicyclic) bond motifs is 2. The fraction of sp³-hybridized carbons (Fsp3) is 0.464. The first-order valence-corrected chi connectivity index (χ1v) is 12.5. The number of anilines is 1. The molecule has 1 atom stereocenters. The molecule has 2 aromatic carbocycles. The molecule has 0 saturated heterocycles. The second-order valence-electron chi connectivity index (χ2n) is 11.2. The first-order valence-electron chi connectivity index (χ1n) is 12.5. The van der Waals surface area contributed by atoms with Crippen LogP contribution >= 0.6 is 0 Å². The lowest BCUT2D eigenvalue weighted by atomic mass is 9.90. The Balaban J connectivity index is 1.46. The van der Waals surface area contributed by atoms with Crippen molar-refractivity contribution in [2.75, 3.05) is 18.5 Å². The third-order valence-corrected chi connectivity index (χ3v) is 7.32. The molecule has 2 aliphatic rings. The molecule has 1 amide bonds. The van der Waals surface area contributed by atoms with Gasteiger partial charge in [0.1, 0.15) is 5.82 Å². The number of amides is 1. The molecule has 0 unspecified atom stereocenters. The number of carbonyl (C=O) groups excluding carboxylic acids is 1. The first kappa shape index (κ1) is 25.5. The highest BCUT2D eigenvalue weighted by Crippen LogP contribution is 2.52. The summed E-state index contributed by atoms with van der Waals surface area (Å²) < 4.78 is 28.6. The third kappa shape index (κ3) is 4.45. The van der Waals surface area contributed by atoms with Crippen LogP contribution in [0.15, 0.2) is 36.4 Å². The van der Waals surface area contributed by atoms with Crippen molar-refractivity contribution in [1.82, 2.24) is 4.57 Å². The number of halogens is 1. The number of aromatic nitrogens is 1. The van der Waals surface area contributed by atoms with Gasteiger partial charge in [-0.05, 0) is 42.7 Å². The molecule has 0 bridgehead atoms. The summed E-state index contributed by atoms with van der Waals surface area (Å²) in [6, 6.07) is 10.2. The molecule has 1 fully saturated rings. The smallest absolute Gasteiger partial charge is 0.246 e. The molecule has 3 aromatic rings. The predicted octanol–water partition coefficient (Wildman–Crippen LogP) is 3.58. The number of aliphatic hydroxyl groups is 3. The van der Waals surface area contributed by atoms with Gasteiger partial charge in [-0.15, -0.1) is 0 Å². The van der Waals surface area contributed by atoms with Crippen LogP contribution in [0.4, 0.5) is 10.1 Å². The molecule has 2 heterocycles. The largest absolute Gasteiger partial charge is 0.449 e. The Morgan fingerprint density at radius 3 is 2.49 bits per heavy atom. The van der Waals surface area contributed by atoms with Gasteiger partial charge in [0.25, 0.3) is 0 Å².